The lowest BCUT2D eigenvalue weighted by Gasteiger charge is -2.21. The standard InChI is InChI=1S/C17H19N/c1-4-8-16(5-2)18(3)17-12-11-14-9-6-7-10-15(14)13-17/h4-13H,1-3H3/b8-4-,16-5+. The van der Waals surface area contributed by atoms with Crippen molar-refractivity contribution in [1.29, 1.82) is 0 Å². The number of hydrogen-bond donors (Lipinski definition) is 0. The Bertz CT molecular complexity index is 593. The fourth-order valence-corrected chi connectivity index (χ4v) is 2.11. The molecule has 0 radical (unpaired) electrons. The molecule has 2 rings (SSSR count). The minimum atomic E-state index is 1.20. The predicted molar refractivity (Wildman–Crippen MR) is 80.9 cm³/mol. The summed E-state index contributed by atoms with van der Waals surface area (Å²) >= 11 is 0. The van der Waals surface area contributed by atoms with Gasteiger partial charge in [-0.2, -0.15) is 0 Å². The van der Waals surface area contributed by atoms with Crippen LogP contribution in [-0.4, -0.2) is 7.05 Å². The van der Waals surface area contributed by atoms with Crippen molar-refractivity contribution in [2.75, 3.05) is 11.9 Å². The van der Waals surface area contributed by atoms with E-state index in [1.54, 1.807) is 0 Å². The second-order valence-electron chi connectivity index (χ2n) is 4.30. The zero-order valence-electron chi connectivity index (χ0n) is 11.2. The fraction of sp³-hybridized carbons (Fsp3) is 0.176. The Labute approximate surface area is 109 Å². The lowest BCUT2D eigenvalue weighted by atomic mass is 10.1. The Kier molecular flexibility index (Phi) is 3.83. The van der Waals surface area contributed by atoms with Crippen molar-refractivity contribution >= 4 is 16.5 Å². The normalized spacial score (nSPS) is 12.3. The molecule has 0 spiro atoms. The molecular formula is C17H19N. The van der Waals surface area contributed by atoms with Gasteiger partial charge in [-0.3, -0.25) is 0 Å². The SMILES string of the molecule is C/C=C\C(=C/C)N(C)c1ccc2ccccc2c1. The summed E-state index contributed by atoms with van der Waals surface area (Å²) < 4.78 is 0. The number of hydrogen-bond acceptors (Lipinski definition) is 1. The quantitative estimate of drug-likeness (QED) is 0.696. The summed E-state index contributed by atoms with van der Waals surface area (Å²) in [5.74, 6) is 0. The Hall–Kier alpha value is -2.02. The van der Waals surface area contributed by atoms with Crippen LogP contribution in [0.25, 0.3) is 10.8 Å². The Morgan fingerprint density at radius 3 is 2.39 bits per heavy atom. The number of nitrogens with zero attached hydrogens (tertiary/aromatic N) is 1. The monoisotopic (exact) mass is 237 g/mol. The second kappa shape index (κ2) is 5.54. The molecule has 1 nitrogen and oxygen atoms in total. The molecular weight excluding hydrogens is 218 g/mol. The highest BCUT2D eigenvalue weighted by Crippen LogP contribution is 2.23. The van der Waals surface area contributed by atoms with Crippen LogP contribution in [0.3, 0.4) is 0 Å². The van der Waals surface area contributed by atoms with Gasteiger partial charge >= 0.3 is 0 Å². The van der Waals surface area contributed by atoms with Crippen LogP contribution in [0.15, 0.2) is 66.4 Å². The zero-order valence-corrected chi connectivity index (χ0v) is 11.2. The lowest BCUT2D eigenvalue weighted by Crippen LogP contribution is -2.14. The van der Waals surface area contributed by atoms with E-state index in [2.05, 4.69) is 79.6 Å². The zero-order chi connectivity index (χ0) is 13.0. The van der Waals surface area contributed by atoms with E-state index in [1.165, 1.54) is 22.2 Å². The molecule has 0 aliphatic heterocycles. The van der Waals surface area contributed by atoms with Crippen molar-refractivity contribution < 1.29 is 0 Å². The van der Waals surface area contributed by atoms with Gasteiger partial charge in [-0.05, 0) is 42.8 Å². The van der Waals surface area contributed by atoms with E-state index < -0.39 is 0 Å². The molecule has 18 heavy (non-hydrogen) atoms. The number of rotatable bonds is 3. The first kappa shape index (κ1) is 12.4. The molecule has 0 saturated carbocycles. The fourth-order valence-electron chi connectivity index (χ4n) is 2.11. The molecule has 0 aliphatic rings. The van der Waals surface area contributed by atoms with Gasteiger partial charge in [0.25, 0.3) is 0 Å². The molecule has 0 bridgehead atoms. The Morgan fingerprint density at radius 2 is 1.72 bits per heavy atom. The van der Waals surface area contributed by atoms with E-state index in [0.29, 0.717) is 0 Å². The van der Waals surface area contributed by atoms with Gasteiger partial charge in [0, 0.05) is 18.4 Å². The van der Waals surface area contributed by atoms with Crippen LogP contribution in [0.5, 0.6) is 0 Å². The summed E-state index contributed by atoms with van der Waals surface area (Å²) in [6, 6.07) is 15.0. The molecule has 2 aromatic carbocycles. The molecule has 0 unspecified atom stereocenters. The first-order chi connectivity index (χ1) is 8.76. The van der Waals surface area contributed by atoms with Crippen molar-refractivity contribution in [3.05, 3.63) is 66.4 Å². The van der Waals surface area contributed by atoms with Gasteiger partial charge in [0.1, 0.15) is 0 Å². The van der Waals surface area contributed by atoms with Crippen LogP contribution in [0.1, 0.15) is 13.8 Å². The number of benzene rings is 2. The molecule has 0 atom stereocenters. The maximum atomic E-state index is 2.22. The average molecular weight is 237 g/mol. The molecule has 0 heterocycles. The third kappa shape index (κ3) is 2.45. The van der Waals surface area contributed by atoms with Crippen molar-refractivity contribution in [3.63, 3.8) is 0 Å². The van der Waals surface area contributed by atoms with Crippen LogP contribution < -0.4 is 4.90 Å². The molecule has 92 valence electrons. The maximum Gasteiger partial charge on any atom is 0.0414 e. The van der Waals surface area contributed by atoms with Gasteiger partial charge in [-0.15, -0.1) is 0 Å². The minimum Gasteiger partial charge on any atom is -0.345 e. The predicted octanol–water partition coefficient (Wildman–Crippen LogP) is 4.76. The first-order valence-corrected chi connectivity index (χ1v) is 6.28. The Balaban J connectivity index is 2.41. The second-order valence-corrected chi connectivity index (χ2v) is 4.30. The van der Waals surface area contributed by atoms with E-state index in [1.807, 2.05) is 6.92 Å². The highest BCUT2D eigenvalue weighted by Gasteiger charge is 2.04. The minimum absolute atomic E-state index is 1.20. The summed E-state index contributed by atoms with van der Waals surface area (Å²) in [5, 5.41) is 2.56. The third-order valence-corrected chi connectivity index (χ3v) is 3.14. The van der Waals surface area contributed by atoms with Gasteiger partial charge in [-0.1, -0.05) is 42.5 Å². The van der Waals surface area contributed by atoms with E-state index in [9.17, 15) is 0 Å². The van der Waals surface area contributed by atoms with E-state index in [-0.39, 0.29) is 0 Å². The number of anilines is 1. The molecule has 1 heteroatoms. The van der Waals surface area contributed by atoms with Gasteiger partial charge in [-0.25, -0.2) is 0 Å². The summed E-state index contributed by atoms with van der Waals surface area (Å²) in [7, 11) is 2.10. The summed E-state index contributed by atoms with van der Waals surface area (Å²) in [4.78, 5) is 2.20. The van der Waals surface area contributed by atoms with Gasteiger partial charge in [0.05, 0.1) is 0 Å². The van der Waals surface area contributed by atoms with Gasteiger partial charge in [0.2, 0.25) is 0 Å². The molecule has 0 saturated heterocycles. The van der Waals surface area contributed by atoms with Crippen LogP contribution in [0.2, 0.25) is 0 Å². The number of likely N-dealkylation sites (N-methyl/N-ethyl adjacent to an activating group) is 1. The summed E-state index contributed by atoms with van der Waals surface area (Å²) in [5.41, 5.74) is 2.41. The molecule has 0 aromatic heterocycles. The van der Waals surface area contributed by atoms with Gasteiger partial charge in [0.15, 0.2) is 0 Å². The van der Waals surface area contributed by atoms with Crippen molar-refractivity contribution in [2.45, 2.75) is 13.8 Å². The largest absolute Gasteiger partial charge is 0.345 e. The number of fused-ring (bicyclic) bond motifs is 1. The highest BCUT2D eigenvalue weighted by molar-refractivity contribution is 5.86. The molecule has 0 aliphatic carbocycles. The first-order valence-electron chi connectivity index (χ1n) is 6.28. The van der Waals surface area contributed by atoms with Crippen LogP contribution >= 0.6 is 0 Å². The topological polar surface area (TPSA) is 3.24 Å². The van der Waals surface area contributed by atoms with Gasteiger partial charge < -0.3 is 4.90 Å². The van der Waals surface area contributed by atoms with E-state index >= 15 is 0 Å². The van der Waals surface area contributed by atoms with E-state index in [4.69, 9.17) is 0 Å². The maximum absolute atomic E-state index is 2.22. The van der Waals surface area contributed by atoms with Crippen LogP contribution in [-0.2, 0) is 0 Å². The van der Waals surface area contributed by atoms with Crippen LogP contribution in [0, 0.1) is 0 Å². The average Bonchev–Trinajstić information content (AvgIpc) is 2.43. The van der Waals surface area contributed by atoms with Crippen molar-refractivity contribution in [2.24, 2.45) is 0 Å². The summed E-state index contributed by atoms with van der Waals surface area (Å²) in [6.07, 6.45) is 6.30. The van der Waals surface area contributed by atoms with E-state index in [0.717, 1.165) is 0 Å². The molecule has 2 aromatic rings. The Morgan fingerprint density at radius 1 is 1.00 bits per heavy atom. The highest BCUT2D eigenvalue weighted by atomic mass is 15.1. The molecule has 0 fully saturated rings. The van der Waals surface area contributed by atoms with Crippen molar-refractivity contribution in [3.8, 4) is 0 Å². The number of allylic oxidation sites excluding steroid dienone is 3. The smallest absolute Gasteiger partial charge is 0.0414 e. The molecule has 0 amide bonds. The van der Waals surface area contributed by atoms with Crippen molar-refractivity contribution in [1.82, 2.24) is 0 Å². The van der Waals surface area contributed by atoms with Crippen LogP contribution in [0.4, 0.5) is 5.69 Å². The lowest BCUT2D eigenvalue weighted by molar-refractivity contribution is 1.13. The molecule has 0 N–H and O–H groups in total. The summed E-state index contributed by atoms with van der Waals surface area (Å²) in [6.45, 7) is 4.10. The third-order valence-electron chi connectivity index (χ3n) is 3.14.